The van der Waals surface area contributed by atoms with E-state index in [9.17, 15) is 4.79 Å². The van der Waals surface area contributed by atoms with Crippen LogP contribution in [0.25, 0.3) is 10.8 Å². The molecule has 1 N–H and O–H groups in total. The number of pyridine rings is 1. The zero-order valence-corrected chi connectivity index (χ0v) is 10.2. The third-order valence-corrected chi connectivity index (χ3v) is 3.52. The number of fused-ring (bicyclic) bond motifs is 1. The standard InChI is InChI=1S/C15H16N2O/c18-14-8-4-3-7-13(17-14)15-12-6-2-1-5-11(12)9-10-16-15/h1-2,5-6,9-10,13H,3-4,7-8H2,(H,17,18). The molecule has 2 aromatic rings. The molecule has 1 atom stereocenters. The van der Waals surface area contributed by atoms with Crippen molar-refractivity contribution in [2.45, 2.75) is 31.7 Å². The second-order valence-electron chi connectivity index (χ2n) is 4.78. The Hall–Kier alpha value is -1.90. The van der Waals surface area contributed by atoms with Gasteiger partial charge in [0.05, 0.1) is 11.7 Å². The lowest BCUT2D eigenvalue weighted by molar-refractivity contribution is -0.121. The van der Waals surface area contributed by atoms with Crippen LogP contribution in [0.4, 0.5) is 0 Å². The van der Waals surface area contributed by atoms with Crippen molar-refractivity contribution in [2.75, 3.05) is 0 Å². The van der Waals surface area contributed by atoms with E-state index in [1.54, 1.807) is 0 Å². The fraction of sp³-hybridized carbons (Fsp3) is 0.333. The first-order chi connectivity index (χ1) is 8.84. The summed E-state index contributed by atoms with van der Waals surface area (Å²) in [7, 11) is 0. The second kappa shape index (κ2) is 4.77. The molecule has 0 spiro atoms. The number of carbonyl (C=O) groups is 1. The third kappa shape index (κ3) is 2.08. The Morgan fingerprint density at radius 2 is 2.06 bits per heavy atom. The quantitative estimate of drug-likeness (QED) is 0.832. The van der Waals surface area contributed by atoms with Crippen molar-refractivity contribution in [3.8, 4) is 0 Å². The molecule has 1 aromatic carbocycles. The monoisotopic (exact) mass is 240 g/mol. The second-order valence-corrected chi connectivity index (χ2v) is 4.78. The van der Waals surface area contributed by atoms with Gasteiger partial charge >= 0.3 is 0 Å². The van der Waals surface area contributed by atoms with Crippen molar-refractivity contribution in [1.82, 2.24) is 10.3 Å². The van der Waals surface area contributed by atoms with Crippen LogP contribution in [0, 0.1) is 0 Å². The molecule has 3 heteroatoms. The molecule has 0 aliphatic carbocycles. The van der Waals surface area contributed by atoms with E-state index >= 15 is 0 Å². The van der Waals surface area contributed by atoms with Gasteiger partial charge in [-0.05, 0) is 24.3 Å². The topological polar surface area (TPSA) is 42.0 Å². The molecule has 1 saturated heterocycles. The lowest BCUT2D eigenvalue weighted by Crippen LogP contribution is -2.26. The van der Waals surface area contributed by atoms with E-state index in [0.717, 1.165) is 30.3 Å². The fourth-order valence-electron chi connectivity index (χ4n) is 2.60. The van der Waals surface area contributed by atoms with Crippen molar-refractivity contribution >= 4 is 16.7 Å². The lowest BCUT2D eigenvalue weighted by atomic mass is 10.0. The third-order valence-electron chi connectivity index (χ3n) is 3.52. The molecule has 0 saturated carbocycles. The maximum Gasteiger partial charge on any atom is 0.220 e. The minimum atomic E-state index is 0.0612. The summed E-state index contributed by atoms with van der Waals surface area (Å²) in [5, 5.41) is 5.41. The Morgan fingerprint density at radius 3 is 3.00 bits per heavy atom. The summed E-state index contributed by atoms with van der Waals surface area (Å²) in [4.78, 5) is 16.2. The molecule has 0 bridgehead atoms. The van der Waals surface area contributed by atoms with Crippen LogP contribution in [-0.2, 0) is 4.79 Å². The molecule has 3 nitrogen and oxygen atoms in total. The van der Waals surface area contributed by atoms with Crippen molar-refractivity contribution in [2.24, 2.45) is 0 Å². The van der Waals surface area contributed by atoms with Gasteiger partial charge in [-0.15, -0.1) is 0 Å². The zero-order valence-electron chi connectivity index (χ0n) is 10.2. The van der Waals surface area contributed by atoms with Crippen LogP contribution in [0.1, 0.15) is 37.4 Å². The Bertz CT molecular complexity index is 574. The van der Waals surface area contributed by atoms with Crippen molar-refractivity contribution in [3.63, 3.8) is 0 Å². The maximum atomic E-state index is 11.7. The highest BCUT2D eigenvalue weighted by Gasteiger charge is 2.20. The van der Waals surface area contributed by atoms with Gasteiger partial charge in [-0.1, -0.05) is 30.7 Å². The number of hydrogen-bond acceptors (Lipinski definition) is 2. The predicted octanol–water partition coefficient (Wildman–Crippen LogP) is 2.97. The van der Waals surface area contributed by atoms with E-state index < -0.39 is 0 Å². The van der Waals surface area contributed by atoms with Crippen molar-refractivity contribution < 1.29 is 4.79 Å². The van der Waals surface area contributed by atoms with Gasteiger partial charge in [0.1, 0.15) is 0 Å². The number of amides is 1. The van der Waals surface area contributed by atoms with Gasteiger partial charge in [-0.25, -0.2) is 0 Å². The first-order valence-electron chi connectivity index (χ1n) is 6.47. The van der Waals surface area contributed by atoms with Crippen LogP contribution in [0.5, 0.6) is 0 Å². The summed E-state index contributed by atoms with van der Waals surface area (Å²) >= 11 is 0. The van der Waals surface area contributed by atoms with Gasteiger partial charge in [0.25, 0.3) is 0 Å². The van der Waals surface area contributed by atoms with Crippen LogP contribution < -0.4 is 5.32 Å². The summed E-state index contributed by atoms with van der Waals surface area (Å²) < 4.78 is 0. The smallest absolute Gasteiger partial charge is 0.220 e. The average Bonchev–Trinajstić information content (AvgIpc) is 2.63. The molecule has 1 aliphatic heterocycles. The van der Waals surface area contributed by atoms with Crippen LogP contribution in [0.2, 0.25) is 0 Å². The van der Waals surface area contributed by atoms with Gasteiger partial charge in [0, 0.05) is 18.0 Å². The summed E-state index contributed by atoms with van der Waals surface area (Å²) in [6.07, 6.45) is 5.50. The van der Waals surface area contributed by atoms with Gasteiger partial charge in [-0.3, -0.25) is 9.78 Å². The minimum absolute atomic E-state index is 0.0612. The normalized spacial score (nSPS) is 20.4. The van der Waals surface area contributed by atoms with Crippen molar-refractivity contribution in [1.29, 1.82) is 0 Å². The number of hydrogen-bond donors (Lipinski definition) is 1. The molecule has 1 aliphatic rings. The van der Waals surface area contributed by atoms with Crippen LogP contribution in [0.15, 0.2) is 36.5 Å². The van der Waals surface area contributed by atoms with Crippen molar-refractivity contribution in [3.05, 3.63) is 42.2 Å². The first kappa shape index (κ1) is 11.2. The number of benzene rings is 1. The van der Waals surface area contributed by atoms with E-state index in [-0.39, 0.29) is 11.9 Å². The Morgan fingerprint density at radius 1 is 1.17 bits per heavy atom. The summed E-state index contributed by atoms with van der Waals surface area (Å²) in [6.45, 7) is 0. The highest BCUT2D eigenvalue weighted by atomic mass is 16.1. The van der Waals surface area contributed by atoms with E-state index in [0.29, 0.717) is 6.42 Å². The molecule has 1 amide bonds. The number of rotatable bonds is 1. The summed E-state index contributed by atoms with van der Waals surface area (Å²) in [6, 6.07) is 10.3. The molecule has 92 valence electrons. The molecule has 1 unspecified atom stereocenters. The van der Waals surface area contributed by atoms with Crippen LogP contribution in [0.3, 0.4) is 0 Å². The van der Waals surface area contributed by atoms with E-state index in [2.05, 4.69) is 22.4 Å². The Balaban J connectivity index is 2.05. The van der Waals surface area contributed by atoms with Gasteiger partial charge in [0.15, 0.2) is 0 Å². The lowest BCUT2D eigenvalue weighted by Gasteiger charge is -2.17. The fourth-order valence-corrected chi connectivity index (χ4v) is 2.60. The maximum absolute atomic E-state index is 11.7. The number of aromatic nitrogens is 1. The molecule has 0 radical (unpaired) electrons. The number of nitrogens with one attached hydrogen (secondary N) is 1. The summed E-state index contributed by atoms with van der Waals surface area (Å²) in [5.74, 6) is 0.146. The van der Waals surface area contributed by atoms with Crippen LogP contribution in [-0.4, -0.2) is 10.9 Å². The Labute approximate surface area is 106 Å². The molecular formula is C15H16N2O. The average molecular weight is 240 g/mol. The molecule has 18 heavy (non-hydrogen) atoms. The molecule has 1 aromatic heterocycles. The van der Waals surface area contributed by atoms with E-state index in [1.165, 1.54) is 5.39 Å². The SMILES string of the molecule is O=C1CCCCC(c2nccc3ccccc23)N1. The predicted molar refractivity (Wildman–Crippen MR) is 71.1 cm³/mol. The minimum Gasteiger partial charge on any atom is -0.348 e. The molecule has 2 heterocycles. The van der Waals surface area contributed by atoms with E-state index in [1.807, 2.05) is 24.4 Å². The number of nitrogens with zero attached hydrogens (tertiary/aromatic N) is 1. The molecule has 1 fully saturated rings. The Kier molecular flexibility index (Phi) is 2.97. The largest absolute Gasteiger partial charge is 0.348 e. The summed E-state index contributed by atoms with van der Waals surface area (Å²) in [5.41, 5.74) is 1.00. The zero-order chi connectivity index (χ0) is 12.4. The highest BCUT2D eigenvalue weighted by Crippen LogP contribution is 2.27. The highest BCUT2D eigenvalue weighted by molar-refractivity contribution is 5.85. The van der Waals surface area contributed by atoms with Gasteiger partial charge in [0.2, 0.25) is 5.91 Å². The van der Waals surface area contributed by atoms with Crippen LogP contribution >= 0.6 is 0 Å². The van der Waals surface area contributed by atoms with Gasteiger partial charge < -0.3 is 5.32 Å². The van der Waals surface area contributed by atoms with E-state index in [4.69, 9.17) is 0 Å². The molecule has 3 rings (SSSR count). The first-order valence-corrected chi connectivity index (χ1v) is 6.47. The molecular weight excluding hydrogens is 224 g/mol. The van der Waals surface area contributed by atoms with Gasteiger partial charge in [-0.2, -0.15) is 0 Å². The number of carbonyl (C=O) groups excluding carboxylic acids is 1.